The molecule has 1 unspecified atom stereocenters. The molecule has 0 spiro atoms. The number of oxazole rings is 1. The Kier molecular flexibility index (Phi) is 2.25. The van der Waals surface area contributed by atoms with Crippen molar-refractivity contribution in [3.63, 3.8) is 0 Å². The van der Waals surface area contributed by atoms with Crippen molar-refractivity contribution in [2.75, 3.05) is 0 Å². The predicted octanol–water partition coefficient (Wildman–Crippen LogP) is 1.11. The molecule has 74 valence electrons. The van der Waals surface area contributed by atoms with E-state index in [4.69, 9.17) is 4.42 Å². The minimum absolute atomic E-state index is 0.263. The summed E-state index contributed by atoms with van der Waals surface area (Å²) in [6.07, 6.45) is 4.06. The summed E-state index contributed by atoms with van der Waals surface area (Å²) in [6, 6.07) is 0. The Bertz CT molecular complexity index is 481. The molecule has 0 N–H and O–H groups in total. The normalized spacial score (nSPS) is 18.4. The molecule has 0 amide bonds. The molecule has 0 radical (unpaired) electrons. The largest absolute Gasteiger partial charge is 0.420 e. The number of allylic oxidation sites excluding steroid dienone is 1. The highest BCUT2D eigenvalue weighted by Crippen LogP contribution is 2.22. The molecule has 1 atom stereocenters. The first-order valence-corrected chi connectivity index (χ1v) is 5.38. The van der Waals surface area contributed by atoms with Gasteiger partial charge in [0.15, 0.2) is 0 Å². The maximum absolute atomic E-state index is 11.3. The molecule has 1 aromatic rings. The standard InChI is InChI=1S/C9H9NO3S/c1-2-3-5-10-7-4-6-14(12)8(7)13-9(10)11/h2,4,6H,1,3,5H2. The fourth-order valence-electron chi connectivity index (χ4n) is 1.32. The Hall–Kier alpha value is -1.36. The average molecular weight is 211 g/mol. The van der Waals surface area contributed by atoms with Crippen molar-refractivity contribution in [2.45, 2.75) is 18.1 Å². The molecule has 14 heavy (non-hydrogen) atoms. The second-order valence-corrected chi connectivity index (χ2v) is 4.11. The number of rotatable bonds is 3. The van der Waals surface area contributed by atoms with Gasteiger partial charge in [-0.3, -0.25) is 4.57 Å². The Morgan fingerprint density at radius 1 is 1.64 bits per heavy atom. The van der Waals surface area contributed by atoms with Crippen LogP contribution in [0.1, 0.15) is 12.1 Å². The topological polar surface area (TPSA) is 52.2 Å². The van der Waals surface area contributed by atoms with Gasteiger partial charge < -0.3 is 4.42 Å². The van der Waals surface area contributed by atoms with E-state index in [-0.39, 0.29) is 5.09 Å². The van der Waals surface area contributed by atoms with Gasteiger partial charge in [-0.2, -0.15) is 0 Å². The van der Waals surface area contributed by atoms with Crippen molar-refractivity contribution >= 4 is 16.9 Å². The summed E-state index contributed by atoms with van der Waals surface area (Å²) in [7, 11) is -1.29. The van der Waals surface area contributed by atoms with Gasteiger partial charge in [0.05, 0.1) is 0 Å². The molecule has 0 aliphatic carbocycles. The van der Waals surface area contributed by atoms with Crippen molar-refractivity contribution in [3.05, 3.63) is 34.3 Å². The maximum atomic E-state index is 11.3. The minimum Gasteiger partial charge on any atom is -0.398 e. The van der Waals surface area contributed by atoms with Gasteiger partial charge in [0.25, 0.3) is 0 Å². The number of hydrogen-bond donors (Lipinski definition) is 0. The predicted molar refractivity (Wildman–Crippen MR) is 53.2 cm³/mol. The zero-order valence-electron chi connectivity index (χ0n) is 7.43. The summed E-state index contributed by atoms with van der Waals surface area (Å²) in [5, 5.41) is 1.77. The molecule has 2 rings (SSSR count). The lowest BCUT2D eigenvalue weighted by molar-refractivity contribution is 0.413. The first kappa shape index (κ1) is 9.21. The lowest BCUT2D eigenvalue weighted by Crippen LogP contribution is -2.15. The van der Waals surface area contributed by atoms with Crippen LogP contribution in [0.15, 0.2) is 32.4 Å². The van der Waals surface area contributed by atoms with Crippen LogP contribution in [0, 0.1) is 0 Å². The Labute approximate surface area is 83.0 Å². The van der Waals surface area contributed by atoms with Crippen molar-refractivity contribution in [1.82, 2.24) is 4.57 Å². The number of aromatic nitrogens is 1. The second kappa shape index (κ2) is 3.42. The summed E-state index contributed by atoms with van der Waals surface area (Å²) in [6.45, 7) is 4.09. The van der Waals surface area contributed by atoms with Crippen LogP contribution in [0.5, 0.6) is 0 Å². The van der Waals surface area contributed by atoms with Crippen molar-refractivity contribution < 1.29 is 8.63 Å². The van der Waals surface area contributed by atoms with E-state index in [0.29, 0.717) is 18.7 Å². The van der Waals surface area contributed by atoms with E-state index in [9.17, 15) is 9.00 Å². The van der Waals surface area contributed by atoms with E-state index in [2.05, 4.69) is 6.58 Å². The Morgan fingerprint density at radius 3 is 3.14 bits per heavy atom. The highest BCUT2D eigenvalue weighted by atomic mass is 32.2. The monoisotopic (exact) mass is 211 g/mol. The first-order valence-electron chi connectivity index (χ1n) is 4.17. The van der Waals surface area contributed by atoms with Gasteiger partial charge in [0.2, 0.25) is 5.09 Å². The molecule has 0 saturated carbocycles. The lowest BCUT2D eigenvalue weighted by atomic mass is 10.4. The van der Waals surface area contributed by atoms with E-state index in [1.54, 1.807) is 12.2 Å². The SMILES string of the molecule is C=CCCn1c2c(oc1=O)S(=O)C=C2. The van der Waals surface area contributed by atoms with Crippen LogP contribution in [0.25, 0.3) is 6.08 Å². The van der Waals surface area contributed by atoms with E-state index in [1.165, 1.54) is 9.98 Å². The van der Waals surface area contributed by atoms with Crippen LogP contribution in [0.2, 0.25) is 0 Å². The molecule has 5 heteroatoms. The van der Waals surface area contributed by atoms with Crippen LogP contribution in [0.4, 0.5) is 0 Å². The molecular weight excluding hydrogens is 202 g/mol. The molecule has 0 saturated heterocycles. The third kappa shape index (κ3) is 1.29. The Balaban J connectivity index is 2.46. The van der Waals surface area contributed by atoms with Crippen LogP contribution in [0.3, 0.4) is 0 Å². The Morgan fingerprint density at radius 2 is 2.43 bits per heavy atom. The molecule has 4 nitrogen and oxygen atoms in total. The van der Waals surface area contributed by atoms with E-state index in [0.717, 1.165) is 0 Å². The van der Waals surface area contributed by atoms with Crippen molar-refractivity contribution in [3.8, 4) is 0 Å². The highest BCUT2D eigenvalue weighted by Gasteiger charge is 2.22. The fraction of sp³-hybridized carbons (Fsp3) is 0.222. The molecule has 0 bridgehead atoms. The van der Waals surface area contributed by atoms with Crippen LogP contribution in [-0.2, 0) is 17.3 Å². The number of nitrogens with zero attached hydrogens (tertiary/aromatic N) is 1. The smallest absolute Gasteiger partial charge is 0.398 e. The van der Waals surface area contributed by atoms with Gasteiger partial charge in [-0.15, -0.1) is 6.58 Å². The minimum atomic E-state index is -1.29. The molecule has 0 aromatic carbocycles. The van der Waals surface area contributed by atoms with Gasteiger partial charge in [0, 0.05) is 12.0 Å². The van der Waals surface area contributed by atoms with Gasteiger partial charge >= 0.3 is 5.76 Å². The molecule has 1 aliphatic heterocycles. The van der Waals surface area contributed by atoms with Gasteiger partial charge in [-0.1, -0.05) is 6.08 Å². The van der Waals surface area contributed by atoms with Crippen LogP contribution in [-0.4, -0.2) is 8.78 Å². The summed E-state index contributed by atoms with van der Waals surface area (Å²) >= 11 is 0. The quantitative estimate of drug-likeness (QED) is 0.704. The lowest BCUT2D eigenvalue weighted by Gasteiger charge is -1.97. The third-order valence-corrected chi connectivity index (χ3v) is 3.03. The van der Waals surface area contributed by atoms with Crippen molar-refractivity contribution in [2.24, 2.45) is 0 Å². The van der Waals surface area contributed by atoms with E-state index >= 15 is 0 Å². The maximum Gasteiger partial charge on any atom is 0.420 e. The number of hydrogen-bond acceptors (Lipinski definition) is 3. The van der Waals surface area contributed by atoms with Gasteiger partial charge in [0.1, 0.15) is 16.5 Å². The van der Waals surface area contributed by atoms with Gasteiger partial charge in [-0.25, -0.2) is 9.00 Å². The molecule has 2 heterocycles. The van der Waals surface area contributed by atoms with E-state index in [1.807, 2.05) is 0 Å². The summed E-state index contributed by atoms with van der Waals surface area (Å²) < 4.78 is 17.6. The summed E-state index contributed by atoms with van der Waals surface area (Å²) in [5.41, 5.74) is 0.621. The highest BCUT2D eigenvalue weighted by molar-refractivity contribution is 7.88. The van der Waals surface area contributed by atoms with Gasteiger partial charge in [-0.05, 0) is 12.5 Å². The van der Waals surface area contributed by atoms with E-state index < -0.39 is 16.6 Å². The molecule has 1 aliphatic rings. The average Bonchev–Trinajstić information content (AvgIpc) is 2.65. The first-order chi connectivity index (χ1) is 6.74. The molecular formula is C9H9NO3S. The molecule has 1 aromatic heterocycles. The summed E-state index contributed by atoms with van der Waals surface area (Å²) in [5.74, 6) is -0.449. The van der Waals surface area contributed by atoms with Crippen LogP contribution >= 0.6 is 0 Å². The zero-order valence-corrected chi connectivity index (χ0v) is 8.25. The van der Waals surface area contributed by atoms with Crippen molar-refractivity contribution in [1.29, 1.82) is 0 Å². The summed E-state index contributed by atoms with van der Waals surface area (Å²) in [4.78, 5) is 11.3. The molecule has 0 fully saturated rings. The van der Waals surface area contributed by atoms with Crippen LogP contribution < -0.4 is 5.76 Å². The second-order valence-electron chi connectivity index (χ2n) is 2.87. The fourth-order valence-corrected chi connectivity index (χ4v) is 2.23. The number of fused-ring (bicyclic) bond motifs is 1. The third-order valence-electron chi connectivity index (χ3n) is 1.99. The zero-order chi connectivity index (χ0) is 10.1.